The first-order valence-electron chi connectivity index (χ1n) is 6.20. The van der Waals surface area contributed by atoms with Gasteiger partial charge in [0.1, 0.15) is 0 Å². The number of aryl methyl sites for hydroxylation is 2. The lowest BCUT2D eigenvalue weighted by atomic mass is 10.1. The number of carboxylic acid groups (broad SMARTS) is 1. The molecule has 0 spiro atoms. The van der Waals surface area contributed by atoms with Gasteiger partial charge in [-0.1, -0.05) is 0 Å². The molecule has 1 heterocycles. The van der Waals surface area contributed by atoms with Crippen LogP contribution in [0.3, 0.4) is 0 Å². The molecule has 6 heteroatoms. The van der Waals surface area contributed by atoms with E-state index >= 15 is 0 Å². The Morgan fingerprint density at radius 1 is 1.50 bits per heavy atom. The molecule has 1 aromatic heterocycles. The Kier molecular flexibility index (Phi) is 3.65. The number of nitrogens with two attached hydrogens (primary N) is 1. The largest absolute Gasteiger partial charge is 0.478 e. The standard InChI is InChI=1S/C14H18N4O2/c1-9-4-11(5-12(13(9)15)14(19)20)17(2)7-10-6-16-18(3)8-10/h4-6,8H,7,15H2,1-3H3,(H,19,20). The summed E-state index contributed by atoms with van der Waals surface area (Å²) in [7, 11) is 3.77. The molecule has 0 radical (unpaired) electrons. The van der Waals surface area contributed by atoms with Crippen molar-refractivity contribution in [1.29, 1.82) is 0 Å². The number of hydrogen-bond donors (Lipinski definition) is 2. The molecule has 0 aliphatic carbocycles. The lowest BCUT2D eigenvalue weighted by Crippen LogP contribution is -2.17. The van der Waals surface area contributed by atoms with Gasteiger partial charge in [-0.3, -0.25) is 4.68 Å². The molecule has 0 saturated carbocycles. The summed E-state index contributed by atoms with van der Waals surface area (Å²) in [5.74, 6) is -1.01. The maximum atomic E-state index is 11.2. The fraction of sp³-hybridized carbons (Fsp3) is 0.286. The summed E-state index contributed by atoms with van der Waals surface area (Å²) in [6.45, 7) is 2.46. The van der Waals surface area contributed by atoms with Gasteiger partial charge in [-0.25, -0.2) is 4.79 Å². The summed E-state index contributed by atoms with van der Waals surface area (Å²) >= 11 is 0. The van der Waals surface area contributed by atoms with E-state index in [4.69, 9.17) is 5.73 Å². The minimum atomic E-state index is -1.01. The Balaban J connectivity index is 2.30. The summed E-state index contributed by atoms with van der Waals surface area (Å²) in [5.41, 5.74) is 8.88. The van der Waals surface area contributed by atoms with Crippen molar-refractivity contribution in [1.82, 2.24) is 9.78 Å². The number of hydrogen-bond acceptors (Lipinski definition) is 4. The summed E-state index contributed by atoms with van der Waals surface area (Å²) in [6, 6.07) is 3.49. The van der Waals surface area contributed by atoms with Crippen molar-refractivity contribution in [2.75, 3.05) is 17.7 Å². The van der Waals surface area contributed by atoms with Gasteiger partial charge in [0.15, 0.2) is 0 Å². The van der Waals surface area contributed by atoms with E-state index in [0.29, 0.717) is 12.2 Å². The zero-order chi connectivity index (χ0) is 14.9. The van der Waals surface area contributed by atoms with Crippen LogP contribution in [-0.4, -0.2) is 27.9 Å². The van der Waals surface area contributed by atoms with Crippen molar-refractivity contribution in [2.24, 2.45) is 7.05 Å². The molecule has 0 amide bonds. The SMILES string of the molecule is Cc1cc(N(C)Cc2cnn(C)c2)cc(C(=O)O)c1N. The minimum Gasteiger partial charge on any atom is -0.478 e. The molecule has 0 fully saturated rings. The van der Waals surface area contributed by atoms with Gasteiger partial charge in [0, 0.05) is 43.8 Å². The number of nitrogen functional groups attached to an aromatic ring is 1. The van der Waals surface area contributed by atoms with Crippen LogP contribution in [-0.2, 0) is 13.6 Å². The van der Waals surface area contributed by atoms with E-state index in [0.717, 1.165) is 16.8 Å². The van der Waals surface area contributed by atoms with E-state index in [1.54, 1.807) is 16.9 Å². The van der Waals surface area contributed by atoms with Gasteiger partial charge in [0.2, 0.25) is 0 Å². The van der Waals surface area contributed by atoms with Gasteiger partial charge in [0.05, 0.1) is 11.8 Å². The molecule has 0 aliphatic heterocycles. The number of anilines is 2. The van der Waals surface area contributed by atoms with E-state index in [9.17, 15) is 9.90 Å². The molecule has 2 aromatic rings. The molecule has 20 heavy (non-hydrogen) atoms. The van der Waals surface area contributed by atoms with Gasteiger partial charge in [-0.05, 0) is 24.6 Å². The number of aromatic nitrogens is 2. The predicted octanol–water partition coefficient (Wildman–Crippen LogP) is 1.65. The lowest BCUT2D eigenvalue weighted by molar-refractivity contribution is 0.0698. The normalized spacial score (nSPS) is 10.6. The van der Waals surface area contributed by atoms with Gasteiger partial charge in [-0.2, -0.15) is 5.10 Å². The Morgan fingerprint density at radius 2 is 2.20 bits per heavy atom. The summed E-state index contributed by atoms with van der Waals surface area (Å²) in [6.07, 6.45) is 3.72. The second kappa shape index (κ2) is 5.24. The van der Waals surface area contributed by atoms with Crippen molar-refractivity contribution in [3.8, 4) is 0 Å². The summed E-state index contributed by atoms with van der Waals surface area (Å²) < 4.78 is 1.74. The number of carbonyl (C=O) groups is 1. The van der Waals surface area contributed by atoms with Crippen LogP contribution < -0.4 is 10.6 Å². The highest BCUT2D eigenvalue weighted by Gasteiger charge is 2.14. The average Bonchev–Trinajstić information content (AvgIpc) is 2.77. The Hall–Kier alpha value is -2.50. The zero-order valence-electron chi connectivity index (χ0n) is 11.8. The quantitative estimate of drug-likeness (QED) is 0.828. The van der Waals surface area contributed by atoms with Crippen LogP contribution in [0, 0.1) is 6.92 Å². The molecular weight excluding hydrogens is 256 g/mol. The fourth-order valence-corrected chi connectivity index (χ4v) is 2.10. The van der Waals surface area contributed by atoms with Crippen molar-refractivity contribution >= 4 is 17.3 Å². The van der Waals surface area contributed by atoms with E-state index < -0.39 is 5.97 Å². The van der Waals surface area contributed by atoms with Crippen molar-refractivity contribution in [3.63, 3.8) is 0 Å². The highest BCUT2D eigenvalue weighted by molar-refractivity contribution is 5.95. The zero-order valence-corrected chi connectivity index (χ0v) is 11.8. The van der Waals surface area contributed by atoms with E-state index in [1.807, 2.05) is 38.2 Å². The third kappa shape index (κ3) is 2.74. The second-order valence-corrected chi connectivity index (χ2v) is 4.91. The first-order valence-corrected chi connectivity index (χ1v) is 6.20. The van der Waals surface area contributed by atoms with Crippen molar-refractivity contribution < 1.29 is 9.90 Å². The van der Waals surface area contributed by atoms with Crippen molar-refractivity contribution in [3.05, 3.63) is 41.2 Å². The summed E-state index contributed by atoms with van der Waals surface area (Å²) in [5, 5.41) is 13.3. The molecule has 0 atom stereocenters. The Labute approximate surface area is 117 Å². The maximum Gasteiger partial charge on any atom is 0.337 e. The average molecular weight is 274 g/mol. The minimum absolute atomic E-state index is 0.137. The third-order valence-electron chi connectivity index (χ3n) is 3.22. The molecule has 0 aliphatic rings. The molecular formula is C14H18N4O2. The number of benzene rings is 1. The molecule has 0 unspecified atom stereocenters. The number of aromatic carboxylic acids is 1. The van der Waals surface area contributed by atoms with Crippen LogP contribution in [0.15, 0.2) is 24.5 Å². The number of carboxylic acids is 1. The van der Waals surface area contributed by atoms with Crippen LogP contribution in [0.1, 0.15) is 21.5 Å². The van der Waals surface area contributed by atoms with Crippen LogP contribution in [0.25, 0.3) is 0 Å². The molecule has 0 saturated heterocycles. The highest BCUT2D eigenvalue weighted by Crippen LogP contribution is 2.25. The highest BCUT2D eigenvalue weighted by atomic mass is 16.4. The van der Waals surface area contributed by atoms with Crippen LogP contribution >= 0.6 is 0 Å². The third-order valence-corrected chi connectivity index (χ3v) is 3.22. The predicted molar refractivity (Wildman–Crippen MR) is 77.9 cm³/mol. The maximum absolute atomic E-state index is 11.2. The van der Waals surface area contributed by atoms with Gasteiger partial charge in [-0.15, -0.1) is 0 Å². The van der Waals surface area contributed by atoms with Crippen LogP contribution in [0.2, 0.25) is 0 Å². The Morgan fingerprint density at radius 3 is 2.75 bits per heavy atom. The molecule has 3 N–H and O–H groups in total. The first kappa shape index (κ1) is 13.9. The molecule has 6 nitrogen and oxygen atoms in total. The van der Waals surface area contributed by atoms with Gasteiger partial charge < -0.3 is 15.7 Å². The molecule has 106 valence electrons. The summed E-state index contributed by atoms with van der Waals surface area (Å²) in [4.78, 5) is 13.2. The second-order valence-electron chi connectivity index (χ2n) is 4.91. The fourth-order valence-electron chi connectivity index (χ4n) is 2.10. The smallest absolute Gasteiger partial charge is 0.337 e. The number of rotatable bonds is 4. The van der Waals surface area contributed by atoms with Gasteiger partial charge >= 0.3 is 5.97 Å². The topological polar surface area (TPSA) is 84.4 Å². The Bertz CT molecular complexity index is 649. The van der Waals surface area contributed by atoms with E-state index in [-0.39, 0.29) is 5.56 Å². The monoisotopic (exact) mass is 274 g/mol. The van der Waals surface area contributed by atoms with E-state index in [2.05, 4.69) is 5.10 Å². The van der Waals surface area contributed by atoms with Crippen LogP contribution in [0.5, 0.6) is 0 Å². The number of nitrogens with zero attached hydrogens (tertiary/aromatic N) is 3. The van der Waals surface area contributed by atoms with E-state index in [1.165, 1.54) is 0 Å². The van der Waals surface area contributed by atoms with Gasteiger partial charge in [0.25, 0.3) is 0 Å². The van der Waals surface area contributed by atoms with Crippen molar-refractivity contribution in [2.45, 2.75) is 13.5 Å². The molecule has 1 aromatic carbocycles. The molecule has 2 rings (SSSR count). The van der Waals surface area contributed by atoms with Crippen LogP contribution in [0.4, 0.5) is 11.4 Å². The lowest BCUT2D eigenvalue weighted by Gasteiger charge is -2.20. The molecule has 0 bridgehead atoms. The first-order chi connectivity index (χ1) is 9.38.